The molecule has 1 aromatic rings. The first-order valence-electron chi connectivity index (χ1n) is 13.8. The summed E-state index contributed by atoms with van der Waals surface area (Å²) < 4.78 is 0. The van der Waals surface area contributed by atoms with Crippen molar-refractivity contribution in [3.8, 4) is 6.07 Å². The fourth-order valence-electron chi connectivity index (χ4n) is 4.91. The Morgan fingerprint density at radius 1 is 1.07 bits per heavy atom. The molecule has 0 unspecified atom stereocenters. The van der Waals surface area contributed by atoms with Crippen LogP contribution in [0.4, 0.5) is 4.79 Å². The van der Waals surface area contributed by atoms with E-state index in [0.717, 1.165) is 30.6 Å². The molecule has 0 aliphatic carbocycles. The van der Waals surface area contributed by atoms with Crippen LogP contribution in [0.1, 0.15) is 56.9 Å². The summed E-state index contributed by atoms with van der Waals surface area (Å²) in [7, 11) is 0. The van der Waals surface area contributed by atoms with Crippen molar-refractivity contribution in [2.75, 3.05) is 12.3 Å². The van der Waals surface area contributed by atoms with Crippen LogP contribution in [-0.2, 0) is 25.6 Å². The summed E-state index contributed by atoms with van der Waals surface area (Å²) in [4.78, 5) is 60.1. The van der Waals surface area contributed by atoms with Gasteiger partial charge in [-0.3, -0.25) is 14.4 Å². The molecule has 2 fully saturated rings. The standard InChI is InChI=1S/C28H38N6O5S/c29-14-13-25(37)32-21(16-19-8-2-1-3-9-19)27(38)31-20(17-35)10-6-7-15-30-24(36)12-5-4-11-23-26-22(18-40-23)33-28(39)34-26/h1-3,8-9,17,20-23,26H,4-7,10-13,15-16,18H2,(H,30,36)(H,31,38)(H,32,37)(H2,33,34,39)/t20-,21-,22-,23-,26-/m0/s1. The highest BCUT2D eigenvalue weighted by Gasteiger charge is 2.42. The van der Waals surface area contributed by atoms with Gasteiger partial charge in [-0.25, -0.2) is 4.79 Å². The number of urea groups is 1. The third-order valence-electron chi connectivity index (χ3n) is 7.01. The first-order valence-corrected chi connectivity index (χ1v) is 14.9. The zero-order chi connectivity index (χ0) is 28.7. The highest BCUT2D eigenvalue weighted by molar-refractivity contribution is 8.00. The van der Waals surface area contributed by atoms with Crippen LogP contribution in [0.3, 0.4) is 0 Å². The third-order valence-corrected chi connectivity index (χ3v) is 8.52. The normalized spacial score (nSPS) is 20.7. The van der Waals surface area contributed by atoms with Crippen molar-refractivity contribution in [3.63, 3.8) is 0 Å². The number of hydrogen-bond donors (Lipinski definition) is 5. The van der Waals surface area contributed by atoms with Gasteiger partial charge in [0, 0.05) is 30.4 Å². The van der Waals surface area contributed by atoms with E-state index in [1.54, 1.807) is 6.07 Å². The van der Waals surface area contributed by atoms with Crippen molar-refractivity contribution in [1.29, 1.82) is 5.26 Å². The number of nitriles is 1. The lowest BCUT2D eigenvalue weighted by Crippen LogP contribution is -2.51. The molecule has 3 rings (SSSR count). The maximum Gasteiger partial charge on any atom is 0.315 e. The minimum absolute atomic E-state index is 0.00936. The number of carbonyl (C=O) groups is 5. The second kappa shape index (κ2) is 16.5. The lowest BCUT2D eigenvalue weighted by atomic mass is 10.0. The Hall–Kier alpha value is -3.59. The summed E-state index contributed by atoms with van der Waals surface area (Å²) in [5, 5.41) is 23.2. The molecule has 216 valence electrons. The van der Waals surface area contributed by atoms with Gasteiger partial charge in [0.25, 0.3) is 0 Å². The topological polar surface area (TPSA) is 169 Å². The second-order valence-corrected chi connectivity index (χ2v) is 11.4. The fourth-order valence-corrected chi connectivity index (χ4v) is 6.46. The number of aldehydes is 1. The van der Waals surface area contributed by atoms with Gasteiger partial charge < -0.3 is 31.4 Å². The van der Waals surface area contributed by atoms with Gasteiger partial charge >= 0.3 is 6.03 Å². The molecule has 2 aliphatic heterocycles. The van der Waals surface area contributed by atoms with E-state index < -0.39 is 23.9 Å². The predicted octanol–water partition coefficient (Wildman–Crippen LogP) is 1.32. The van der Waals surface area contributed by atoms with Gasteiger partial charge in [-0.2, -0.15) is 17.0 Å². The minimum Gasteiger partial charge on any atom is -0.356 e. The summed E-state index contributed by atoms with van der Waals surface area (Å²) in [6, 6.07) is 9.61. The number of nitrogens with one attached hydrogen (secondary N) is 5. The number of fused-ring (bicyclic) bond motifs is 1. The van der Waals surface area contributed by atoms with Crippen LogP contribution in [-0.4, -0.2) is 71.8 Å². The largest absolute Gasteiger partial charge is 0.356 e. The van der Waals surface area contributed by atoms with Crippen LogP contribution in [0, 0.1) is 11.3 Å². The average Bonchev–Trinajstić information content (AvgIpc) is 3.49. The second-order valence-electron chi connectivity index (χ2n) is 10.1. The Morgan fingerprint density at radius 3 is 2.62 bits per heavy atom. The molecular formula is C28H38N6O5S. The highest BCUT2D eigenvalue weighted by atomic mass is 32.2. The lowest BCUT2D eigenvalue weighted by Gasteiger charge is -2.21. The molecule has 2 saturated heterocycles. The van der Waals surface area contributed by atoms with Crippen LogP contribution in [0.25, 0.3) is 0 Å². The Morgan fingerprint density at radius 2 is 1.88 bits per heavy atom. The molecule has 0 spiro atoms. The van der Waals surface area contributed by atoms with Crippen molar-refractivity contribution in [2.24, 2.45) is 0 Å². The highest BCUT2D eigenvalue weighted by Crippen LogP contribution is 2.33. The number of amides is 5. The summed E-state index contributed by atoms with van der Waals surface area (Å²) in [5.74, 6) is -0.123. The van der Waals surface area contributed by atoms with E-state index >= 15 is 0 Å². The molecule has 0 bridgehead atoms. The van der Waals surface area contributed by atoms with Gasteiger partial charge in [0.2, 0.25) is 17.7 Å². The van der Waals surface area contributed by atoms with E-state index in [-0.39, 0.29) is 36.9 Å². The van der Waals surface area contributed by atoms with E-state index in [9.17, 15) is 24.0 Å². The van der Waals surface area contributed by atoms with Crippen LogP contribution < -0.4 is 26.6 Å². The Balaban J connectivity index is 1.29. The molecule has 2 heterocycles. The first-order chi connectivity index (χ1) is 19.4. The summed E-state index contributed by atoms with van der Waals surface area (Å²) in [6.45, 7) is 0.485. The number of thioether (sulfide) groups is 1. The molecule has 5 atom stereocenters. The van der Waals surface area contributed by atoms with Crippen LogP contribution in [0.2, 0.25) is 0 Å². The van der Waals surface area contributed by atoms with E-state index in [1.165, 1.54) is 0 Å². The van der Waals surface area contributed by atoms with Crippen molar-refractivity contribution in [1.82, 2.24) is 26.6 Å². The monoisotopic (exact) mass is 570 g/mol. The van der Waals surface area contributed by atoms with Crippen LogP contribution in [0.5, 0.6) is 0 Å². The Bertz CT molecular complexity index is 1070. The first kappa shape index (κ1) is 30.9. The number of nitrogens with zero attached hydrogens (tertiary/aromatic N) is 1. The maximum absolute atomic E-state index is 12.9. The molecule has 0 aromatic heterocycles. The fraction of sp³-hybridized carbons (Fsp3) is 0.571. The number of rotatable bonds is 17. The van der Waals surface area contributed by atoms with Gasteiger partial charge in [-0.15, -0.1) is 0 Å². The van der Waals surface area contributed by atoms with Gasteiger partial charge in [0.15, 0.2) is 0 Å². The molecule has 1 aromatic carbocycles. The molecule has 0 saturated carbocycles. The van der Waals surface area contributed by atoms with E-state index in [4.69, 9.17) is 5.26 Å². The van der Waals surface area contributed by atoms with E-state index in [2.05, 4.69) is 26.6 Å². The quantitative estimate of drug-likeness (QED) is 0.107. The smallest absolute Gasteiger partial charge is 0.315 e. The molecule has 0 radical (unpaired) electrons. The van der Waals surface area contributed by atoms with Gasteiger partial charge in [-0.05, 0) is 37.7 Å². The molecule has 11 nitrogen and oxygen atoms in total. The SMILES string of the molecule is N#CCC(=O)N[C@@H](Cc1ccccc1)C(=O)N[C@H](C=O)CCCCNC(=O)CCCC[C@@H]1SC[C@@H]2NC(=O)N[C@@H]21. The van der Waals surface area contributed by atoms with Crippen LogP contribution in [0.15, 0.2) is 30.3 Å². The number of benzene rings is 1. The predicted molar refractivity (Wildman–Crippen MR) is 151 cm³/mol. The molecule has 40 heavy (non-hydrogen) atoms. The van der Waals surface area contributed by atoms with Crippen molar-refractivity contribution >= 4 is 41.8 Å². The zero-order valence-corrected chi connectivity index (χ0v) is 23.3. The lowest BCUT2D eigenvalue weighted by molar-refractivity contribution is -0.129. The number of hydrogen-bond acceptors (Lipinski definition) is 7. The third kappa shape index (κ3) is 10.2. The van der Waals surface area contributed by atoms with Gasteiger partial charge in [-0.1, -0.05) is 36.8 Å². The molecular weight excluding hydrogens is 532 g/mol. The summed E-state index contributed by atoms with van der Waals surface area (Å²) in [6.07, 6.45) is 5.35. The summed E-state index contributed by atoms with van der Waals surface area (Å²) >= 11 is 1.87. The molecule has 12 heteroatoms. The number of unbranched alkanes of at least 4 members (excludes halogenated alkanes) is 2. The van der Waals surface area contributed by atoms with Crippen molar-refractivity contribution < 1.29 is 24.0 Å². The van der Waals surface area contributed by atoms with Crippen molar-refractivity contribution in [3.05, 3.63) is 35.9 Å². The molecule has 5 N–H and O–H groups in total. The Labute approximate surface area is 239 Å². The Kier molecular flexibility index (Phi) is 12.8. The maximum atomic E-state index is 12.9. The van der Waals surface area contributed by atoms with Crippen LogP contribution >= 0.6 is 11.8 Å². The average molecular weight is 571 g/mol. The number of carbonyl (C=O) groups excluding carboxylic acids is 5. The molecule has 2 aliphatic rings. The van der Waals surface area contributed by atoms with E-state index in [1.807, 2.05) is 42.1 Å². The summed E-state index contributed by atoms with van der Waals surface area (Å²) in [5.41, 5.74) is 0.837. The molecule has 5 amide bonds. The van der Waals surface area contributed by atoms with Gasteiger partial charge in [0.1, 0.15) is 18.7 Å². The minimum atomic E-state index is -0.910. The van der Waals surface area contributed by atoms with E-state index in [0.29, 0.717) is 43.8 Å². The van der Waals surface area contributed by atoms with Crippen molar-refractivity contribution in [2.45, 2.75) is 87.2 Å². The zero-order valence-electron chi connectivity index (χ0n) is 22.5. The van der Waals surface area contributed by atoms with Gasteiger partial charge in [0.05, 0.1) is 24.2 Å².